The van der Waals surface area contributed by atoms with Gasteiger partial charge < -0.3 is 15.6 Å². The number of benzene rings is 2. The summed E-state index contributed by atoms with van der Waals surface area (Å²) in [4.78, 5) is 14.3. The predicted molar refractivity (Wildman–Crippen MR) is 128 cm³/mol. The molecule has 33 heavy (non-hydrogen) atoms. The first-order chi connectivity index (χ1) is 15.9. The zero-order chi connectivity index (χ0) is 23.4. The minimum atomic E-state index is -2.68. The SMILES string of the molecule is Cc1cc(N2CCCC(F)(F)C2)ccc1-n1ccc(=O)c(/C(=C/C=N)Nc2ccccc2)n1. The molecule has 1 aliphatic heterocycles. The highest BCUT2D eigenvalue weighted by molar-refractivity contribution is 5.86. The van der Waals surface area contributed by atoms with Crippen molar-refractivity contribution in [1.29, 1.82) is 5.41 Å². The minimum absolute atomic E-state index is 0.0761. The van der Waals surface area contributed by atoms with Crippen LogP contribution in [0.1, 0.15) is 24.1 Å². The van der Waals surface area contributed by atoms with Gasteiger partial charge in [-0.3, -0.25) is 4.79 Å². The van der Waals surface area contributed by atoms with Gasteiger partial charge in [0.25, 0.3) is 5.92 Å². The summed E-state index contributed by atoms with van der Waals surface area (Å²) < 4.78 is 29.3. The number of allylic oxidation sites excluding steroid dienone is 1. The number of hydrogen-bond donors (Lipinski definition) is 2. The molecule has 1 saturated heterocycles. The van der Waals surface area contributed by atoms with Crippen molar-refractivity contribution in [3.05, 3.63) is 88.4 Å². The van der Waals surface area contributed by atoms with Crippen LogP contribution in [0.15, 0.2) is 71.7 Å². The quantitative estimate of drug-likeness (QED) is 0.526. The number of halogens is 2. The summed E-state index contributed by atoms with van der Waals surface area (Å²) >= 11 is 0. The topological polar surface area (TPSA) is 74.0 Å². The summed E-state index contributed by atoms with van der Waals surface area (Å²) in [6.45, 7) is 2.20. The van der Waals surface area contributed by atoms with Gasteiger partial charge >= 0.3 is 0 Å². The lowest BCUT2D eigenvalue weighted by molar-refractivity contribution is -0.0116. The highest BCUT2D eigenvalue weighted by atomic mass is 19.3. The molecule has 0 bridgehead atoms. The number of hydrogen-bond acceptors (Lipinski definition) is 5. The van der Waals surface area contributed by atoms with Gasteiger partial charge in [-0.15, -0.1) is 0 Å². The monoisotopic (exact) mass is 449 g/mol. The van der Waals surface area contributed by atoms with Crippen molar-refractivity contribution in [3.63, 3.8) is 0 Å². The third-order valence-corrected chi connectivity index (χ3v) is 5.55. The van der Waals surface area contributed by atoms with Gasteiger partial charge in [-0.05, 0) is 55.3 Å². The molecule has 6 nitrogen and oxygen atoms in total. The fraction of sp³-hybridized carbons (Fsp3) is 0.240. The standard InChI is InChI=1S/C25H25F2N5O/c1-18-16-20(31-14-5-12-25(26,27)17-31)8-9-22(18)32-15-11-23(33)24(30-32)21(10-13-28)29-19-6-3-2-4-7-19/h2-4,6-11,13,15-16,28-29H,5,12,14,17H2,1H3/b21-10-,28-13?. The molecule has 2 N–H and O–H groups in total. The molecule has 0 unspecified atom stereocenters. The molecule has 1 aromatic heterocycles. The van der Waals surface area contributed by atoms with E-state index in [2.05, 4.69) is 10.4 Å². The molecule has 3 aromatic rings. The van der Waals surface area contributed by atoms with Crippen LogP contribution in [0.2, 0.25) is 0 Å². The lowest BCUT2D eigenvalue weighted by Gasteiger charge is -2.34. The Morgan fingerprint density at radius 1 is 1.18 bits per heavy atom. The van der Waals surface area contributed by atoms with Crippen molar-refractivity contribution in [2.75, 3.05) is 23.3 Å². The molecule has 0 atom stereocenters. The number of para-hydroxylation sites is 1. The van der Waals surface area contributed by atoms with E-state index in [-0.39, 0.29) is 24.1 Å². The number of piperidine rings is 1. The highest BCUT2D eigenvalue weighted by Crippen LogP contribution is 2.31. The fourth-order valence-corrected chi connectivity index (χ4v) is 3.95. The van der Waals surface area contributed by atoms with Crippen molar-refractivity contribution < 1.29 is 8.78 Å². The summed E-state index contributed by atoms with van der Waals surface area (Å²) in [5.41, 5.74) is 3.37. The van der Waals surface area contributed by atoms with Crippen LogP contribution in [0, 0.1) is 12.3 Å². The second kappa shape index (κ2) is 9.36. The third-order valence-electron chi connectivity index (χ3n) is 5.55. The van der Waals surface area contributed by atoms with Crippen LogP contribution in [0.25, 0.3) is 11.4 Å². The van der Waals surface area contributed by atoms with Gasteiger partial charge in [0.1, 0.15) is 0 Å². The van der Waals surface area contributed by atoms with Gasteiger partial charge in [0.05, 0.1) is 17.9 Å². The number of anilines is 2. The molecular formula is C25H25F2N5O. The molecular weight excluding hydrogens is 424 g/mol. The summed E-state index contributed by atoms with van der Waals surface area (Å²) in [5.74, 6) is -2.68. The summed E-state index contributed by atoms with van der Waals surface area (Å²) in [6.07, 6.45) is 4.53. The molecule has 0 spiro atoms. The van der Waals surface area contributed by atoms with Crippen LogP contribution in [-0.4, -0.2) is 35.0 Å². The van der Waals surface area contributed by atoms with Crippen molar-refractivity contribution >= 4 is 23.3 Å². The highest BCUT2D eigenvalue weighted by Gasteiger charge is 2.35. The molecule has 0 saturated carbocycles. The van der Waals surface area contributed by atoms with Gasteiger partial charge in [-0.25, -0.2) is 13.5 Å². The van der Waals surface area contributed by atoms with Crippen molar-refractivity contribution in [3.8, 4) is 5.69 Å². The third kappa shape index (κ3) is 5.16. The van der Waals surface area contributed by atoms with E-state index >= 15 is 0 Å². The first-order valence-corrected chi connectivity index (χ1v) is 10.7. The van der Waals surface area contributed by atoms with Crippen LogP contribution >= 0.6 is 0 Å². The normalized spacial score (nSPS) is 15.8. The largest absolute Gasteiger partial charge is 0.365 e. The molecule has 0 radical (unpaired) electrons. The average molecular weight is 450 g/mol. The van der Waals surface area contributed by atoms with E-state index < -0.39 is 5.92 Å². The maximum atomic E-state index is 13.8. The second-order valence-corrected chi connectivity index (χ2v) is 8.06. The van der Waals surface area contributed by atoms with Gasteiger partial charge in [-0.2, -0.15) is 5.10 Å². The van der Waals surface area contributed by atoms with Gasteiger partial charge in [-0.1, -0.05) is 18.2 Å². The van der Waals surface area contributed by atoms with E-state index in [9.17, 15) is 13.6 Å². The summed E-state index contributed by atoms with van der Waals surface area (Å²) in [7, 11) is 0. The van der Waals surface area contributed by atoms with Crippen LogP contribution in [0.5, 0.6) is 0 Å². The molecule has 1 fully saturated rings. The van der Waals surface area contributed by atoms with Gasteiger partial charge in [0, 0.05) is 42.8 Å². The predicted octanol–water partition coefficient (Wildman–Crippen LogP) is 4.88. The Kier molecular flexibility index (Phi) is 6.35. The molecule has 2 heterocycles. The number of rotatable bonds is 6. The maximum Gasteiger partial charge on any atom is 0.265 e. The van der Waals surface area contributed by atoms with E-state index in [1.165, 1.54) is 12.1 Å². The van der Waals surface area contributed by atoms with Crippen LogP contribution in [-0.2, 0) is 0 Å². The number of nitrogens with one attached hydrogen (secondary N) is 2. The zero-order valence-electron chi connectivity index (χ0n) is 18.3. The molecule has 1 aliphatic rings. The van der Waals surface area contributed by atoms with Crippen LogP contribution in [0.3, 0.4) is 0 Å². The van der Waals surface area contributed by atoms with E-state index in [0.717, 1.165) is 28.8 Å². The molecule has 4 rings (SSSR count). The lowest BCUT2D eigenvalue weighted by Crippen LogP contribution is -2.42. The first kappa shape index (κ1) is 22.4. The fourth-order valence-electron chi connectivity index (χ4n) is 3.95. The smallest absolute Gasteiger partial charge is 0.265 e. The second-order valence-electron chi connectivity index (χ2n) is 8.06. The van der Waals surface area contributed by atoms with E-state index in [1.807, 2.05) is 49.4 Å². The summed E-state index contributed by atoms with van der Waals surface area (Å²) in [5, 5.41) is 15.2. The summed E-state index contributed by atoms with van der Waals surface area (Å²) in [6, 6.07) is 16.2. The molecule has 0 amide bonds. The van der Waals surface area contributed by atoms with Gasteiger partial charge in [0.15, 0.2) is 5.69 Å². The van der Waals surface area contributed by atoms with Crippen molar-refractivity contribution in [2.24, 2.45) is 0 Å². The average Bonchev–Trinajstić information content (AvgIpc) is 2.79. The maximum absolute atomic E-state index is 13.8. The van der Waals surface area contributed by atoms with Gasteiger partial charge in [0.2, 0.25) is 5.43 Å². The first-order valence-electron chi connectivity index (χ1n) is 10.7. The Labute approximate surface area is 190 Å². The van der Waals surface area contributed by atoms with E-state index in [1.54, 1.807) is 21.8 Å². The lowest BCUT2D eigenvalue weighted by atomic mass is 10.1. The zero-order valence-corrected chi connectivity index (χ0v) is 18.3. The van der Waals surface area contributed by atoms with Crippen molar-refractivity contribution in [2.45, 2.75) is 25.7 Å². The number of aryl methyl sites for hydroxylation is 1. The Hall–Kier alpha value is -3.81. The molecule has 8 heteroatoms. The molecule has 170 valence electrons. The van der Waals surface area contributed by atoms with Crippen LogP contribution < -0.4 is 15.6 Å². The number of alkyl halides is 2. The molecule has 2 aromatic carbocycles. The number of aromatic nitrogens is 2. The Morgan fingerprint density at radius 2 is 1.97 bits per heavy atom. The van der Waals surface area contributed by atoms with Crippen molar-refractivity contribution in [1.82, 2.24) is 9.78 Å². The minimum Gasteiger partial charge on any atom is -0.365 e. The Morgan fingerprint density at radius 3 is 2.67 bits per heavy atom. The Bertz CT molecular complexity index is 1240. The van der Waals surface area contributed by atoms with E-state index in [4.69, 9.17) is 5.41 Å². The Balaban J connectivity index is 1.66. The molecule has 0 aliphatic carbocycles. The van der Waals surface area contributed by atoms with E-state index in [0.29, 0.717) is 18.7 Å². The van der Waals surface area contributed by atoms with Crippen LogP contribution in [0.4, 0.5) is 20.2 Å². The number of nitrogens with zero attached hydrogens (tertiary/aromatic N) is 3.